The first kappa shape index (κ1) is 11.6. The molecular formula is C12H12FNO3. The molecule has 2 amide bonds. The van der Waals surface area contributed by atoms with Gasteiger partial charge >= 0.3 is 0 Å². The Labute approximate surface area is 98.0 Å². The number of carbonyl (C=O) groups excluding carboxylic acids is 2. The molecule has 0 saturated carbocycles. The van der Waals surface area contributed by atoms with Gasteiger partial charge in [-0.15, -0.1) is 0 Å². The number of rotatable bonds is 2. The molecule has 17 heavy (non-hydrogen) atoms. The van der Waals surface area contributed by atoms with Crippen molar-refractivity contribution in [3.8, 4) is 5.75 Å². The molecule has 0 aromatic heterocycles. The van der Waals surface area contributed by atoms with E-state index in [9.17, 15) is 14.0 Å². The van der Waals surface area contributed by atoms with Crippen molar-refractivity contribution < 1.29 is 18.7 Å². The predicted molar refractivity (Wildman–Crippen MR) is 58.2 cm³/mol. The van der Waals surface area contributed by atoms with Crippen LogP contribution in [0.5, 0.6) is 5.75 Å². The van der Waals surface area contributed by atoms with Gasteiger partial charge in [0.05, 0.1) is 12.7 Å². The van der Waals surface area contributed by atoms with Gasteiger partial charge in [0, 0.05) is 19.0 Å². The van der Waals surface area contributed by atoms with Gasteiger partial charge in [-0.25, -0.2) is 4.39 Å². The maximum atomic E-state index is 13.6. The lowest BCUT2D eigenvalue weighted by Crippen LogP contribution is -2.32. The highest BCUT2D eigenvalue weighted by atomic mass is 19.1. The first-order valence-electron chi connectivity index (χ1n) is 5.31. The van der Waals surface area contributed by atoms with E-state index in [0.717, 1.165) is 11.0 Å². The van der Waals surface area contributed by atoms with Crippen LogP contribution in [0.25, 0.3) is 0 Å². The van der Waals surface area contributed by atoms with Crippen LogP contribution in [0.3, 0.4) is 0 Å². The fourth-order valence-electron chi connectivity index (χ4n) is 1.80. The average Bonchev–Trinajstić information content (AvgIpc) is 2.74. The first-order chi connectivity index (χ1) is 8.13. The second kappa shape index (κ2) is 4.53. The van der Waals surface area contributed by atoms with Crippen molar-refractivity contribution in [3.63, 3.8) is 0 Å². The van der Waals surface area contributed by atoms with E-state index in [1.807, 2.05) is 0 Å². The summed E-state index contributed by atoms with van der Waals surface area (Å²) < 4.78 is 18.5. The van der Waals surface area contributed by atoms with Crippen LogP contribution in [0.2, 0.25) is 0 Å². The average molecular weight is 237 g/mol. The van der Waals surface area contributed by atoms with Crippen molar-refractivity contribution in [2.45, 2.75) is 12.8 Å². The van der Waals surface area contributed by atoms with Crippen molar-refractivity contribution in [3.05, 3.63) is 29.6 Å². The highest BCUT2D eigenvalue weighted by Crippen LogP contribution is 2.20. The number of nitrogens with zero attached hydrogens (tertiary/aromatic N) is 1. The number of likely N-dealkylation sites (tertiary alicyclic amines) is 1. The third kappa shape index (κ3) is 2.13. The third-order valence-corrected chi connectivity index (χ3v) is 2.73. The van der Waals surface area contributed by atoms with Crippen molar-refractivity contribution in [2.75, 3.05) is 13.7 Å². The van der Waals surface area contributed by atoms with E-state index in [-0.39, 0.29) is 11.5 Å². The molecule has 0 radical (unpaired) electrons. The highest BCUT2D eigenvalue weighted by molar-refractivity contribution is 6.05. The Bertz CT molecular complexity index is 473. The van der Waals surface area contributed by atoms with E-state index in [1.54, 1.807) is 0 Å². The molecule has 1 fully saturated rings. The molecule has 90 valence electrons. The van der Waals surface area contributed by atoms with Gasteiger partial charge in [-0.3, -0.25) is 14.5 Å². The predicted octanol–water partition coefficient (Wildman–Crippen LogP) is 1.60. The molecule has 0 bridgehead atoms. The lowest BCUT2D eigenvalue weighted by atomic mass is 10.2. The number of hydrogen-bond donors (Lipinski definition) is 0. The van der Waals surface area contributed by atoms with E-state index in [1.165, 1.54) is 19.2 Å². The van der Waals surface area contributed by atoms with Crippen molar-refractivity contribution in [1.29, 1.82) is 0 Å². The summed E-state index contributed by atoms with van der Waals surface area (Å²) in [6.45, 7) is 0.364. The zero-order valence-corrected chi connectivity index (χ0v) is 9.40. The molecule has 0 spiro atoms. The van der Waals surface area contributed by atoms with E-state index in [4.69, 9.17) is 4.74 Å². The Morgan fingerprint density at radius 2 is 2.24 bits per heavy atom. The van der Waals surface area contributed by atoms with Gasteiger partial charge in [-0.2, -0.15) is 0 Å². The number of imide groups is 1. The summed E-state index contributed by atoms with van der Waals surface area (Å²) in [5, 5.41) is 0. The zero-order chi connectivity index (χ0) is 12.4. The van der Waals surface area contributed by atoms with E-state index in [2.05, 4.69) is 0 Å². The molecule has 1 aliphatic heterocycles. The molecule has 1 aromatic rings. The summed E-state index contributed by atoms with van der Waals surface area (Å²) in [7, 11) is 1.42. The normalized spacial score (nSPS) is 15.2. The minimum atomic E-state index is -0.672. The summed E-state index contributed by atoms with van der Waals surface area (Å²) in [4.78, 5) is 24.4. The Hall–Kier alpha value is -1.91. The molecule has 1 saturated heterocycles. The van der Waals surface area contributed by atoms with Gasteiger partial charge in [0.2, 0.25) is 5.91 Å². The number of hydrogen-bond acceptors (Lipinski definition) is 3. The minimum absolute atomic E-state index is 0.0962. The molecule has 1 heterocycles. The molecule has 1 aromatic carbocycles. The zero-order valence-electron chi connectivity index (χ0n) is 9.40. The van der Waals surface area contributed by atoms with Crippen LogP contribution >= 0.6 is 0 Å². The Morgan fingerprint density at radius 1 is 1.47 bits per heavy atom. The van der Waals surface area contributed by atoms with Crippen LogP contribution in [0.1, 0.15) is 23.2 Å². The number of ether oxygens (including phenoxy) is 1. The maximum Gasteiger partial charge on any atom is 0.263 e. The van der Waals surface area contributed by atoms with Gasteiger partial charge in [-0.1, -0.05) is 0 Å². The fourth-order valence-corrected chi connectivity index (χ4v) is 1.80. The molecule has 0 atom stereocenters. The minimum Gasteiger partial charge on any atom is -0.497 e. The number of halogens is 1. The summed E-state index contributed by atoms with van der Waals surface area (Å²) in [5.74, 6) is -1.15. The number of amides is 2. The van der Waals surface area contributed by atoms with Crippen LogP contribution in [0.15, 0.2) is 18.2 Å². The van der Waals surface area contributed by atoms with E-state index < -0.39 is 11.7 Å². The second-order valence-electron chi connectivity index (χ2n) is 3.80. The topological polar surface area (TPSA) is 46.6 Å². The molecule has 5 heteroatoms. The molecule has 1 aliphatic rings. The first-order valence-corrected chi connectivity index (χ1v) is 5.31. The number of methoxy groups -OCH3 is 1. The largest absolute Gasteiger partial charge is 0.497 e. The highest BCUT2D eigenvalue weighted by Gasteiger charge is 2.28. The molecular weight excluding hydrogens is 225 g/mol. The van der Waals surface area contributed by atoms with Crippen molar-refractivity contribution in [2.24, 2.45) is 0 Å². The van der Waals surface area contributed by atoms with Crippen LogP contribution in [0, 0.1) is 5.82 Å². The van der Waals surface area contributed by atoms with Crippen LogP contribution in [-0.2, 0) is 4.79 Å². The Morgan fingerprint density at radius 3 is 2.76 bits per heavy atom. The number of carbonyl (C=O) groups is 2. The summed E-state index contributed by atoms with van der Waals surface area (Å²) in [5.41, 5.74) is -0.0962. The summed E-state index contributed by atoms with van der Waals surface area (Å²) >= 11 is 0. The fraction of sp³-hybridized carbons (Fsp3) is 0.333. The molecule has 4 nitrogen and oxygen atoms in total. The molecule has 0 unspecified atom stereocenters. The van der Waals surface area contributed by atoms with Gasteiger partial charge in [0.15, 0.2) is 0 Å². The molecule has 0 N–H and O–H groups in total. The Kier molecular flexibility index (Phi) is 3.08. The smallest absolute Gasteiger partial charge is 0.263 e. The molecule has 2 rings (SSSR count). The monoisotopic (exact) mass is 237 g/mol. The summed E-state index contributed by atoms with van der Waals surface area (Å²) in [6, 6.07) is 3.97. The van der Waals surface area contributed by atoms with E-state index >= 15 is 0 Å². The Balaban J connectivity index is 2.28. The second-order valence-corrected chi connectivity index (χ2v) is 3.80. The van der Waals surface area contributed by atoms with Gasteiger partial charge in [0.25, 0.3) is 5.91 Å². The standard InChI is InChI=1S/C12H12FNO3/c1-17-8-4-5-9(10(13)7-8)12(16)14-6-2-3-11(14)15/h4-5,7H,2-3,6H2,1H3. The van der Waals surface area contributed by atoms with Gasteiger partial charge in [-0.05, 0) is 18.6 Å². The van der Waals surface area contributed by atoms with Crippen LogP contribution in [0.4, 0.5) is 4.39 Å². The van der Waals surface area contributed by atoms with E-state index in [0.29, 0.717) is 25.1 Å². The third-order valence-electron chi connectivity index (χ3n) is 2.73. The molecule has 0 aliphatic carbocycles. The summed E-state index contributed by atoms with van der Waals surface area (Å²) in [6.07, 6.45) is 0.992. The maximum absolute atomic E-state index is 13.6. The van der Waals surface area contributed by atoms with Crippen LogP contribution in [-0.4, -0.2) is 30.4 Å². The van der Waals surface area contributed by atoms with Crippen molar-refractivity contribution in [1.82, 2.24) is 4.90 Å². The lowest BCUT2D eigenvalue weighted by molar-refractivity contribution is -0.125. The quantitative estimate of drug-likeness (QED) is 0.734. The van der Waals surface area contributed by atoms with Crippen LogP contribution < -0.4 is 4.74 Å². The SMILES string of the molecule is COc1ccc(C(=O)N2CCCC2=O)c(F)c1. The van der Waals surface area contributed by atoms with Crippen molar-refractivity contribution >= 4 is 11.8 Å². The lowest BCUT2D eigenvalue weighted by Gasteiger charge is -2.14. The van der Waals surface area contributed by atoms with Gasteiger partial charge in [0.1, 0.15) is 11.6 Å². The van der Waals surface area contributed by atoms with Gasteiger partial charge < -0.3 is 4.74 Å². The number of benzene rings is 1.